The SMILES string of the molecule is CN=C(NCCNC(=O)c1ccco1)N(C)CCC(NC(=O)OC(C)(C)C)C(C)C.I. The number of furan rings is 1. The van der Waals surface area contributed by atoms with Crippen LogP contribution in [-0.4, -0.2) is 68.2 Å². The van der Waals surface area contributed by atoms with Gasteiger partial charge in [-0.2, -0.15) is 0 Å². The molecule has 0 saturated carbocycles. The fourth-order valence-electron chi connectivity index (χ4n) is 2.70. The quantitative estimate of drug-likeness (QED) is 0.189. The predicted molar refractivity (Wildman–Crippen MR) is 133 cm³/mol. The standard InChI is InChI=1S/C21H37N5O4.HI/c1-15(2)16(25-20(28)30-21(3,4)5)10-13-26(7)19(22-6)24-12-11-23-18(27)17-9-8-14-29-17;/h8-9,14-16H,10-13H2,1-7H3,(H,22,24)(H,23,27)(H,25,28);1H. The lowest BCUT2D eigenvalue weighted by molar-refractivity contribution is 0.0485. The van der Waals surface area contributed by atoms with Crippen LogP contribution in [0.25, 0.3) is 0 Å². The fraction of sp³-hybridized carbons (Fsp3) is 0.667. The maximum absolute atomic E-state index is 12.1. The van der Waals surface area contributed by atoms with Crippen molar-refractivity contribution < 1.29 is 18.7 Å². The van der Waals surface area contributed by atoms with E-state index in [1.807, 2.05) is 32.7 Å². The van der Waals surface area contributed by atoms with E-state index in [2.05, 4.69) is 34.8 Å². The molecule has 0 saturated heterocycles. The molecule has 0 aliphatic heterocycles. The summed E-state index contributed by atoms with van der Waals surface area (Å²) in [6.07, 6.45) is 1.80. The first-order chi connectivity index (χ1) is 14.0. The molecular weight excluding hydrogens is 513 g/mol. The van der Waals surface area contributed by atoms with Crippen molar-refractivity contribution in [2.24, 2.45) is 10.9 Å². The normalized spacial score (nSPS) is 12.6. The average Bonchev–Trinajstić information content (AvgIpc) is 3.17. The summed E-state index contributed by atoms with van der Waals surface area (Å²) < 4.78 is 10.4. The number of halogens is 1. The Morgan fingerprint density at radius 2 is 1.87 bits per heavy atom. The average molecular weight is 551 g/mol. The van der Waals surface area contributed by atoms with E-state index in [1.54, 1.807) is 19.2 Å². The molecule has 0 aliphatic carbocycles. The zero-order chi connectivity index (χ0) is 22.7. The van der Waals surface area contributed by atoms with Crippen molar-refractivity contribution in [3.8, 4) is 0 Å². The summed E-state index contributed by atoms with van der Waals surface area (Å²) in [5.41, 5.74) is -0.527. The minimum Gasteiger partial charge on any atom is -0.459 e. The number of aliphatic imine (C=N–C) groups is 1. The molecule has 0 fully saturated rings. The molecule has 3 N–H and O–H groups in total. The van der Waals surface area contributed by atoms with Crippen LogP contribution in [0.15, 0.2) is 27.8 Å². The van der Waals surface area contributed by atoms with E-state index in [0.29, 0.717) is 25.6 Å². The van der Waals surface area contributed by atoms with Crippen LogP contribution in [0.2, 0.25) is 0 Å². The van der Waals surface area contributed by atoms with Gasteiger partial charge < -0.3 is 30.0 Å². The molecule has 0 bridgehead atoms. The van der Waals surface area contributed by atoms with E-state index in [0.717, 1.165) is 6.42 Å². The zero-order valence-electron chi connectivity index (χ0n) is 19.7. The number of hydrogen-bond acceptors (Lipinski definition) is 5. The van der Waals surface area contributed by atoms with Crippen molar-refractivity contribution in [1.82, 2.24) is 20.9 Å². The Hall–Kier alpha value is -1.98. The predicted octanol–water partition coefficient (Wildman–Crippen LogP) is 3.07. The van der Waals surface area contributed by atoms with Gasteiger partial charge in [0.1, 0.15) is 5.60 Å². The monoisotopic (exact) mass is 551 g/mol. The summed E-state index contributed by atoms with van der Waals surface area (Å²) >= 11 is 0. The van der Waals surface area contributed by atoms with Crippen molar-refractivity contribution in [3.05, 3.63) is 24.2 Å². The number of rotatable bonds is 9. The third-order valence-corrected chi connectivity index (χ3v) is 4.29. The van der Waals surface area contributed by atoms with Gasteiger partial charge in [0.05, 0.1) is 6.26 Å². The highest BCUT2D eigenvalue weighted by Crippen LogP contribution is 2.11. The first-order valence-electron chi connectivity index (χ1n) is 10.3. The van der Waals surface area contributed by atoms with Gasteiger partial charge in [-0.3, -0.25) is 9.79 Å². The molecule has 31 heavy (non-hydrogen) atoms. The maximum atomic E-state index is 12.1. The zero-order valence-corrected chi connectivity index (χ0v) is 22.0. The molecule has 1 rings (SSSR count). The van der Waals surface area contributed by atoms with Gasteiger partial charge in [0.15, 0.2) is 11.7 Å². The van der Waals surface area contributed by atoms with E-state index in [4.69, 9.17) is 9.15 Å². The van der Waals surface area contributed by atoms with Crippen molar-refractivity contribution in [2.45, 2.75) is 52.7 Å². The highest BCUT2D eigenvalue weighted by atomic mass is 127. The minimum atomic E-state index is -0.527. The number of nitrogens with one attached hydrogen (secondary N) is 3. The molecule has 0 aliphatic rings. The van der Waals surface area contributed by atoms with Crippen LogP contribution in [0, 0.1) is 5.92 Å². The van der Waals surface area contributed by atoms with Gasteiger partial charge in [0.2, 0.25) is 0 Å². The lowest BCUT2D eigenvalue weighted by Crippen LogP contribution is -2.46. The van der Waals surface area contributed by atoms with Gasteiger partial charge in [-0.05, 0) is 45.2 Å². The van der Waals surface area contributed by atoms with Crippen LogP contribution in [0.4, 0.5) is 4.79 Å². The molecule has 9 nitrogen and oxygen atoms in total. The van der Waals surface area contributed by atoms with Crippen LogP contribution >= 0.6 is 24.0 Å². The van der Waals surface area contributed by atoms with Gasteiger partial charge >= 0.3 is 6.09 Å². The maximum Gasteiger partial charge on any atom is 0.407 e. The van der Waals surface area contributed by atoms with Crippen LogP contribution in [0.1, 0.15) is 51.6 Å². The number of amides is 2. The van der Waals surface area contributed by atoms with Gasteiger partial charge in [-0.1, -0.05) is 13.8 Å². The fourth-order valence-corrected chi connectivity index (χ4v) is 2.70. The number of carbonyl (C=O) groups is 2. The number of carbonyl (C=O) groups excluding carboxylic acids is 2. The molecule has 10 heteroatoms. The number of alkyl carbamates (subject to hydrolysis) is 1. The second-order valence-electron chi connectivity index (χ2n) is 8.41. The molecule has 2 amide bonds. The van der Waals surface area contributed by atoms with Crippen molar-refractivity contribution >= 4 is 41.9 Å². The topological polar surface area (TPSA) is 108 Å². The third-order valence-electron chi connectivity index (χ3n) is 4.29. The van der Waals surface area contributed by atoms with E-state index >= 15 is 0 Å². The van der Waals surface area contributed by atoms with E-state index in [9.17, 15) is 9.59 Å². The summed E-state index contributed by atoms with van der Waals surface area (Å²) in [5, 5.41) is 8.95. The molecule has 1 aromatic rings. The number of ether oxygens (including phenoxy) is 1. The molecule has 1 unspecified atom stereocenters. The summed E-state index contributed by atoms with van der Waals surface area (Å²) in [4.78, 5) is 30.2. The highest BCUT2D eigenvalue weighted by Gasteiger charge is 2.22. The van der Waals surface area contributed by atoms with Gasteiger partial charge in [0.25, 0.3) is 5.91 Å². The summed E-state index contributed by atoms with van der Waals surface area (Å²) in [6, 6.07) is 3.27. The summed E-state index contributed by atoms with van der Waals surface area (Å²) in [7, 11) is 3.64. The second kappa shape index (κ2) is 14.2. The van der Waals surface area contributed by atoms with Crippen LogP contribution < -0.4 is 16.0 Å². The van der Waals surface area contributed by atoms with Crippen molar-refractivity contribution in [3.63, 3.8) is 0 Å². The van der Waals surface area contributed by atoms with Gasteiger partial charge in [-0.25, -0.2) is 4.79 Å². The Balaban J connectivity index is 0.00000900. The van der Waals surface area contributed by atoms with Crippen molar-refractivity contribution in [1.29, 1.82) is 0 Å². The number of hydrogen-bond donors (Lipinski definition) is 3. The molecule has 1 aromatic heterocycles. The molecule has 178 valence electrons. The highest BCUT2D eigenvalue weighted by molar-refractivity contribution is 14.0. The molecule has 0 spiro atoms. The van der Waals surface area contributed by atoms with E-state index in [-0.39, 0.29) is 47.6 Å². The lowest BCUT2D eigenvalue weighted by atomic mass is 10.0. The van der Waals surface area contributed by atoms with Crippen LogP contribution in [-0.2, 0) is 4.74 Å². The van der Waals surface area contributed by atoms with Crippen LogP contribution in [0.5, 0.6) is 0 Å². The smallest absolute Gasteiger partial charge is 0.407 e. The van der Waals surface area contributed by atoms with Crippen LogP contribution in [0.3, 0.4) is 0 Å². The molecule has 1 heterocycles. The first-order valence-corrected chi connectivity index (χ1v) is 10.3. The lowest BCUT2D eigenvalue weighted by Gasteiger charge is -2.28. The molecule has 0 aromatic carbocycles. The Kier molecular flexibility index (Phi) is 13.2. The van der Waals surface area contributed by atoms with Crippen molar-refractivity contribution in [2.75, 3.05) is 33.7 Å². The molecule has 0 radical (unpaired) electrons. The van der Waals surface area contributed by atoms with E-state index in [1.165, 1.54) is 6.26 Å². The number of nitrogens with zero attached hydrogens (tertiary/aromatic N) is 2. The second-order valence-corrected chi connectivity index (χ2v) is 8.41. The van der Waals surface area contributed by atoms with E-state index < -0.39 is 11.7 Å². The van der Waals surface area contributed by atoms with Gasteiger partial charge in [-0.15, -0.1) is 24.0 Å². The molecular formula is C21H38IN5O4. The minimum absolute atomic E-state index is 0. The van der Waals surface area contributed by atoms with Gasteiger partial charge in [0, 0.05) is 39.8 Å². The first kappa shape index (κ1) is 29.0. The summed E-state index contributed by atoms with van der Waals surface area (Å²) in [6.45, 7) is 11.3. The Bertz CT molecular complexity index is 686. The number of guanidine groups is 1. The molecule has 1 atom stereocenters. The third kappa shape index (κ3) is 11.8. The largest absolute Gasteiger partial charge is 0.459 e. The Morgan fingerprint density at radius 3 is 2.39 bits per heavy atom. The summed E-state index contributed by atoms with van der Waals surface area (Å²) in [5.74, 6) is 1.01. The Morgan fingerprint density at radius 1 is 1.23 bits per heavy atom. The Labute approximate surface area is 202 Å².